The number of nitrogen functional groups attached to an aromatic ring is 1. The summed E-state index contributed by atoms with van der Waals surface area (Å²) in [5.74, 6) is -0.0856. The summed E-state index contributed by atoms with van der Waals surface area (Å²) in [6.45, 7) is 0.178. The van der Waals surface area contributed by atoms with Crippen LogP contribution in [0.15, 0.2) is 48.5 Å². The Bertz CT molecular complexity index is 685. The number of anilines is 1. The smallest absolute Gasteiger partial charge is 0.216 e. The summed E-state index contributed by atoms with van der Waals surface area (Å²) in [6, 6.07) is 13.9. The lowest BCUT2D eigenvalue weighted by Gasteiger charge is -2.08. The summed E-state index contributed by atoms with van der Waals surface area (Å²) in [5.41, 5.74) is 7.60. The van der Waals surface area contributed by atoms with Gasteiger partial charge in [0.15, 0.2) is 0 Å². The van der Waals surface area contributed by atoms with Gasteiger partial charge in [0.2, 0.25) is 10.0 Å². The van der Waals surface area contributed by atoms with E-state index in [2.05, 4.69) is 4.72 Å². The maximum atomic E-state index is 12.0. The molecule has 0 atom stereocenters. The molecule has 0 aliphatic rings. The fraction of sp³-hybridized carbons (Fsp3) is 0.143. The van der Waals surface area contributed by atoms with Crippen LogP contribution in [-0.4, -0.2) is 8.42 Å². The quantitative estimate of drug-likeness (QED) is 0.834. The van der Waals surface area contributed by atoms with Gasteiger partial charge in [-0.25, -0.2) is 13.1 Å². The number of benzene rings is 2. The molecule has 0 unspecified atom stereocenters. The molecule has 6 heteroatoms. The van der Waals surface area contributed by atoms with Crippen molar-refractivity contribution in [1.82, 2.24) is 4.72 Å². The van der Waals surface area contributed by atoms with E-state index >= 15 is 0 Å². The Labute approximate surface area is 123 Å². The fourth-order valence-corrected chi connectivity index (χ4v) is 3.03. The molecule has 0 aliphatic heterocycles. The zero-order chi connectivity index (χ0) is 14.6. The van der Waals surface area contributed by atoms with Crippen LogP contribution in [0.1, 0.15) is 11.1 Å². The average Bonchev–Trinajstić information content (AvgIpc) is 2.40. The van der Waals surface area contributed by atoms with E-state index in [1.54, 1.807) is 42.5 Å². The standard InChI is InChI=1S/C14H15ClN2O2S/c15-14-4-2-1-3-12(14)9-17-20(18,19)10-11-5-7-13(16)8-6-11/h1-8,17H,9-10,16H2. The van der Waals surface area contributed by atoms with Gasteiger partial charge in [0.05, 0.1) is 5.75 Å². The topological polar surface area (TPSA) is 72.2 Å². The van der Waals surface area contributed by atoms with Crippen LogP contribution in [0.5, 0.6) is 0 Å². The van der Waals surface area contributed by atoms with Gasteiger partial charge in [-0.05, 0) is 29.3 Å². The molecule has 0 amide bonds. The van der Waals surface area contributed by atoms with Crippen LogP contribution in [0.4, 0.5) is 5.69 Å². The van der Waals surface area contributed by atoms with Crippen LogP contribution >= 0.6 is 11.6 Å². The van der Waals surface area contributed by atoms with Gasteiger partial charge in [-0.2, -0.15) is 0 Å². The molecule has 0 aliphatic carbocycles. The second-order valence-electron chi connectivity index (χ2n) is 4.41. The molecule has 106 valence electrons. The Morgan fingerprint density at radius 2 is 1.70 bits per heavy atom. The number of nitrogens with one attached hydrogen (secondary N) is 1. The van der Waals surface area contributed by atoms with Crippen molar-refractivity contribution in [3.05, 3.63) is 64.7 Å². The minimum atomic E-state index is -3.41. The van der Waals surface area contributed by atoms with E-state index in [1.165, 1.54) is 0 Å². The molecule has 0 saturated carbocycles. The molecule has 0 spiro atoms. The molecule has 0 bridgehead atoms. The maximum Gasteiger partial charge on any atom is 0.216 e. The third kappa shape index (κ3) is 4.23. The van der Waals surface area contributed by atoms with E-state index in [1.807, 2.05) is 6.07 Å². The molecule has 2 aromatic carbocycles. The Kier molecular flexibility index (Phi) is 4.65. The third-order valence-electron chi connectivity index (χ3n) is 2.78. The lowest BCUT2D eigenvalue weighted by molar-refractivity contribution is 0.580. The zero-order valence-corrected chi connectivity index (χ0v) is 12.3. The highest BCUT2D eigenvalue weighted by Gasteiger charge is 2.12. The second-order valence-corrected chi connectivity index (χ2v) is 6.63. The van der Waals surface area contributed by atoms with E-state index in [0.29, 0.717) is 16.3 Å². The first kappa shape index (κ1) is 14.8. The van der Waals surface area contributed by atoms with Crippen molar-refractivity contribution < 1.29 is 8.42 Å². The van der Waals surface area contributed by atoms with Gasteiger partial charge >= 0.3 is 0 Å². The van der Waals surface area contributed by atoms with Gasteiger partial charge in [0.25, 0.3) is 0 Å². The van der Waals surface area contributed by atoms with Crippen LogP contribution < -0.4 is 10.5 Å². The van der Waals surface area contributed by atoms with E-state index < -0.39 is 10.0 Å². The summed E-state index contributed by atoms with van der Waals surface area (Å²) < 4.78 is 26.5. The zero-order valence-electron chi connectivity index (χ0n) is 10.7. The molecule has 2 aromatic rings. The summed E-state index contributed by atoms with van der Waals surface area (Å²) in [5, 5.41) is 0.544. The lowest BCUT2D eigenvalue weighted by Crippen LogP contribution is -2.24. The normalized spacial score (nSPS) is 11.4. The Morgan fingerprint density at radius 1 is 1.05 bits per heavy atom. The van der Waals surface area contributed by atoms with Gasteiger partial charge in [0.1, 0.15) is 0 Å². The van der Waals surface area contributed by atoms with Crippen molar-refractivity contribution >= 4 is 27.3 Å². The van der Waals surface area contributed by atoms with Gasteiger partial charge in [-0.1, -0.05) is 41.9 Å². The molecule has 0 fully saturated rings. The summed E-state index contributed by atoms with van der Waals surface area (Å²) in [6.07, 6.45) is 0. The predicted octanol–water partition coefficient (Wildman–Crippen LogP) is 2.54. The van der Waals surface area contributed by atoms with Crippen LogP contribution in [0.25, 0.3) is 0 Å². The third-order valence-corrected chi connectivity index (χ3v) is 4.44. The Balaban J connectivity index is 2.01. The highest BCUT2D eigenvalue weighted by Crippen LogP contribution is 2.15. The Morgan fingerprint density at radius 3 is 2.35 bits per heavy atom. The van der Waals surface area contributed by atoms with E-state index in [4.69, 9.17) is 17.3 Å². The van der Waals surface area contributed by atoms with Crippen molar-refractivity contribution in [1.29, 1.82) is 0 Å². The van der Waals surface area contributed by atoms with Gasteiger partial charge in [0, 0.05) is 17.3 Å². The number of rotatable bonds is 5. The average molecular weight is 311 g/mol. The molecular weight excluding hydrogens is 296 g/mol. The summed E-state index contributed by atoms with van der Waals surface area (Å²) >= 11 is 5.98. The predicted molar refractivity (Wildman–Crippen MR) is 81.8 cm³/mol. The summed E-state index contributed by atoms with van der Waals surface area (Å²) in [7, 11) is -3.41. The van der Waals surface area contributed by atoms with Gasteiger partial charge in [-0.15, -0.1) is 0 Å². The molecule has 2 rings (SSSR count). The van der Waals surface area contributed by atoms with Crippen LogP contribution in [-0.2, 0) is 22.3 Å². The minimum absolute atomic E-state index is 0.0856. The number of halogens is 1. The van der Waals surface area contributed by atoms with Crippen LogP contribution in [0.3, 0.4) is 0 Å². The fourth-order valence-electron chi connectivity index (χ4n) is 1.71. The lowest BCUT2D eigenvalue weighted by atomic mass is 10.2. The number of hydrogen-bond donors (Lipinski definition) is 2. The monoisotopic (exact) mass is 310 g/mol. The molecule has 0 heterocycles. The largest absolute Gasteiger partial charge is 0.399 e. The Hall–Kier alpha value is -1.56. The van der Waals surface area contributed by atoms with Gasteiger partial charge in [-0.3, -0.25) is 0 Å². The van der Waals surface area contributed by atoms with E-state index in [0.717, 1.165) is 5.56 Å². The van der Waals surface area contributed by atoms with Crippen molar-refractivity contribution in [2.45, 2.75) is 12.3 Å². The molecule has 4 nitrogen and oxygen atoms in total. The molecule has 0 saturated heterocycles. The number of nitrogens with two attached hydrogens (primary N) is 1. The SMILES string of the molecule is Nc1ccc(CS(=O)(=O)NCc2ccccc2Cl)cc1. The van der Waals surface area contributed by atoms with Crippen LogP contribution in [0, 0.1) is 0 Å². The van der Waals surface area contributed by atoms with Gasteiger partial charge < -0.3 is 5.73 Å². The highest BCUT2D eigenvalue weighted by atomic mass is 35.5. The molecule has 0 aromatic heterocycles. The first-order chi connectivity index (χ1) is 9.46. The summed E-state index contributed by atoms with van der Waals surface area (Å²) in [4.78, 5) is 0. The molecular formula is C14H15ClN2O2S. The van der Waals surface area contributed by atoms with Crippen molar-refractivity contribution in [3.8, 4) is 0 Å². The minimum Gasteiger partial charge on any atom is -0.399 e. The second kappa shape index (κ2) is 6.26. The first-order valence-corrected chi connectivity index (χ1v) is 8.04. The molecule has 3 N–H and O–H groups in total. The number of hydrogen-bond acceptors (Lipinski definition) is 3. The van der Waals surface area contributed by atoms with Crippen molar-refractivity contribution in [3.63, 3.8) is 0 Å². The van der Waals surface area contributed by atoms with E-state index in [-0.39, 0.29) is 12.3 Å². The number of sulfonamides is 1. The molecule has 20 heavy (non-hydrogen) atoms. The first-order valence-electron chi connectivity index (χ1n) is 6.01. The van der Waals surface area contributed by atoms with Crippen molar-refractivity contribution in [2.24, 2.45) is 0 Å². The maximum absolute atomic E-state index is 12.0. The van der Waals surface area contributed by atoms with E-state index in [9.17, 15) is 8.42 Å². The van der Waals surface area contributed by atoms with Crippen molar-refractivity contribution in [2.75, 3.05) is 5.73 Å². The highest BCUT2D eigenvalue weighted by molar-refractivity contribution is 7.88. The van der Waals surface area contributed by atoms with Crippen LogP contribution in [0.2, 0.25) is 5.02 Å². The molecule has 0 radical (unpaired) electrons.